The van der Waals surface area contributed by atoms with Gasteiger partial charge in [0.25, 0.3) is 0 Å². The summed E-state index contributed by atoms with van der Waals surface area (Å²) in [6, 6.07) is 2.53. The van der Waals surface area contributed by atoms with Crippen LogP contribution in [0, 0.1) is 12.8 Å². The van der Waals surface area contributed by atoms with E-state index in [1.165, 1.54) is 12.0 Å². The molecule has 0 bridgehead atoms. The van der Waals surface area contributed by atoms with Gasteiger partial charge in [-0.25, -0.2) is 4.98 Å². The monoisotopic (exact) mass is 270 g/mol. The number of nitrogens with zero attached hydrogens (tertiary/aromatic N) is 1. The molecule has 0 radical (unpaired) electrons. The Labute approximate surface area is 101 Å². The van der Waals surface area contributed by atoms with E-state index in [-0.39, 0.29) is 0 Å². The van der Waals surface area contributed by atoms with Crippen molar-refractivity contribution < 1.29 is 0 Å². The van der Waals surface area contributed by atoms with E-state index >= 15 is 0 Å². The fraction of sp³-hybridized carbons (Fsp3) is 0.583. The number of hydrogen-bond acceptors (Lipinski definition) is 2. The Bertz CT molecular complexity index is 325. The highest BCUT2D eigenvalue weighted by Gasteiger charge is 2.10. The SMILES string of the molecule is CCC(C)C(C)Nc1cc(C)c(Br)cn1. The predicted octanol–water partition coefficient (Wildman–Crippen LogP) is 4.00. The number of nitrogens with one attached hydrogen (secondary N) is 1. The number of aromatic nitrogens is 1. The molecule has 84 valence electrons. The summed E-state index contributed by atoms with van der Waals surface area (Å²) in [6.07, 6.45) is 3.03. The van der Waals surface area contributed by atoms with Crippen LogP contribution < -0.4 is 5.32 Å². The molecule has 0 fully saturated rings. The zero-order valence-electron chi connectivity index (χ0n) is 9.84. The zero-order chi connectivity index (χ0) is 11.4. The second-order valence-electron chi connectivity index (χ2n) is 4.14. The fourth-order valence-corrected chi connectivity index (χ4v) is 1.56. The Morgan fingerprint density at radius 2 is 2.13 bits per heavy atom. The van der Waals surface area contributed by atoms with Crippen LogP contribution in [-0.4, -0.2) is 11.0 Å². The maximum atomic E-state index is 4.34. The van der Waals surface area contributed by atoms with Gasteiger partial charge in [-0.05, 0) is 47.3 Å². The first-order valence-corrected chi connectivity index (χ1v) is 6.22. The van der Waals surface area contributed by atoms with Crippen molar-refractivity contribution in [2.24, 2.45) is 5.92 Å². The van der Waals surface area contributed by atoms with Gasteiger partial charge in [0.1, 0.15) is 5.82 Å². The molecular weight excluding hydrogens is 252 g/mol. The van der Waals surface area contributed by atoms with Crippen molar-refractivity contribution in [1.82, 2.24) is 4.98 Å². The Morgan fingerprint density at radius 1 is 1.47 bits per heavy atom. The third-order valence-corrected chi connectivity index (χ3v) is 3.75. The van der Waals surface area contributed by atoms with E-state index in [1.807, 2.05) is 6.20 Å². The molecule has 2 atom stereocenters. The molecule has 0 aliphatic heterocycles. The Balaban J connectivity index is 2.68. The average Bonchev–Trinajstić information content (AvgIpc) is 2.22. The minimum absolute atomic E-state index is 0.461. The highest BCUT2D eigenvalue weighted by atomic mass is 79.9. The maximum Gasteiger partial charge on any atom is 0.126 e. The van der Waals surface area contributed by atoms with Crippen molar-refractivity contribution in [3.63, 3.8) is 0 Å². The molecule has 0 saturated heterocycles. The lowest BCUT2D eigenvalue weighted by Crippen LogP contribution is -2.23. The van der Waals surface area contributed by atoms with Gasteiger partial charge in [-0.15, -0.1) is 0 Å². The summed E-state index contributed by atoms with van der Waals surface area (Å²) in [5.41, 5.74) is 1.21. The van der Waals surface area contributed by atoms with Crippen LogP contribution in [0.4, 0.5) is 5.82 Å². The minimum atomic E-state index is 0.461. The normalized spacial score (nSPS) is 14.7. The van der Waals surface area contributed by atoms with Crippen LogP contribution in [0.1, 0.15) is 32.8 Å². The standard InChI is InChI=1S/C12H19BrN2/c1-5-8(2)10(4)15-12-6-9(3)11(13)7-14-12/h6-8,10H,5H2,1-4H3,(H,14,15). The van der Waals surface area contributed by atoms with Crippen LogP contribution in [0.25, 0.3) is 0 Å². The van der Waals surface area contributed by atoms with Gasteiger partial charge in [-0.3, -0.25) is 0 Å². The number of halogens is 1. The number of anilines is 1. The molecule has 0 aromatic carbocycles. The van der Waals surface area contributed by atoms with Crippen molar-refractivity contribution in [3.05, 3.63) is 22.3 Å². The Hall–Kier alpha value is -0.570. The first kappa shape index (κ1) is 12.5. The molecule has 1 rings (SSSR count). The van der Waals surface area contributed by atoms with Crippen molar-refractivity contribution in [1.29, 1.82) is 0 Å². The Kier molecular flexibility index (Phi) is 4.58. The van der Waals surface area contributed by atoms with E-state index < -0.39 is 0 Å². The van der Waals surface area contributed by atoms with E-state index in [0.29, 0.717) is 12.0 Å². The van der Waals surface area contributed by atoms with Gasteiger partial charge >= 0.3 is 0 Å². The van der Waals surface area contributed by atoms with Crippen LogP contribution in [0.3, 0.4) is 0 Å². The summed E-state index contributed by atoms with van der Waals surface area (Å²) in [4.78, 5) is 4.34. The zero-order valence-corrected chi connectivity index (χ0v) is 11.4. The summed E-state index contributed by atoms with van der Waals surface area (Å²) in [5, 5.41) is 3.43. The molecule has 1 heterocycles. The third-order valence-electron chi connectivity index (χ3n) is 2.92. The highest BCUT2D eigenvalue weighted by Crippen LogP contribution is 2.19. The average molecular weight is 271 g/mol. The first-order chi connectivity index (χ1) is 7.04. The van der Waals surface area contributed by atoms with E-state index in [2.05, 4.69) is 60.0 Å². The van der Waals surface area contributed by atoms with Crippen LogP contribution in [0.2, 0.25) is 0 Å². The number of rotatable bonds is 4. The lowest BCUT2D eigenvalue weighted by molar-refractivity contribution is 0.493. The van der Waals surface area contributed by atoms with Crippen LogP contribution in [0.15, 0.2) is 16.7 Å². The van der Waals surface area contributed by atoms with Crippen molar-refractivity contribution in [2.45, 2.75) is 40.2 Å². The van der Waals surface area contributed by atoms with E-state index in [4.69, 9.17) is 0 Å². The van der Waals surface area contributed by atoms with E-state index in [0.717, 1.165) is 10.3 Å². The predicted molar refractivity (Wildman–Crippen MR) is 69.2 cm³/mol. The first-order valence-electron chi connectivity index (χ1n) is 5.43. The van der Waals surface area contributed by atoms with Gasteiger partial charge < -0.3 is 5.32 Å². The lowest BCUT2D eigenvalue weighted by atomic mass is 10.0. The summed E-state index contributed by atoms with van der Waals surface area (Å²) < 4.78 is 1.06. The van der Waals surface area contributed by atoms with Gasteiger partial charge in [0, 0.05) is 16.7 Å². The summed E-state index contributed by atoms with van der Waals surface area (Å²) in [5.74, 6) is 1.62. The molecular formula is C12H19BrN2. The lowest BCUT2D eigenvalue weighted by Gasteiger charge is -2.20. The highest BCUT2D eigenvalue weighted by molar-refractivity contribution is 9.10. The Morgan fingerprint density at radius 3 is 2.67 bits per heavy atom. The number of aryl methyl sites for hydroxylation is 1. The van der Waals surface area contributed by atoms with Gasteiger partial charge in [-0.2, -0.15) is 0 Å². The van der Waals surface area contributed by atoms with Crippen LogP contribution in [0.5, 0.6) is 0 Å². The molecule has 1 N–H and O–H groups in total. The van der Waals surface area contributed by atoms with Crippen molar-refractivity contribution in [3.8, 4) is 0 Å². The second kappa shape index (κ2) is 5.50. The molecule has 2 nitrogen and oxygen atoms in total. The molecule has 3 heteroatoms. The quantitative estimate of drug-likeness (QED) is 0.895. The van der Waals surface area contributed by atoms with Gasteiger partial charge in [-0.1, -0.05) is 20.3 Å². The molecule has 1 aromatic heterocycles. The molecule has 0 aliphatic rings. The molecule has 2 unspecified atom stereocenters. The molecule has 15 heavy (non-hydrogen) atoms. The van der Waals surface area contributed by atoms with E-state index in [1.54, 1.807) is 0 Å². The molecule has 0 saturated carbocycles. The molecule has 0 amide bonds. The largest absolute Gasteiger partial charge is 0.367 e. The second-order valence-corrected chi connectivity index (χ2v) is 4.99. The van der Waals surface area contributed by atoms with Crippen LogP contribution >= 0.6 is 15.9 Å². The fourth-order valence-electron chi connectivity index (χ4n) is 1.35. The van der Waals surface area contributed by atoms with Gasteiger partial charge in [0.05, 0.1) is 0 Å². The summed E-state index contributed by atoms with van der Waals surface area (Å²) >= 11 is 3.45. The topological polar surface area (TPSA) is 24.9 Å². The van der Waals surface area contributed by atoms with Crippen LogP contribution in [-0.2, 0) is 0 Å². The summed E-state index contributed by atoms with van der Waals surface area (Å²) in [6.45, 7) is 8.74. The molecule has 1 aromatic rings. The van der Waals surface area contributed by atoms with Gasteiger partial charge in [0.15, 0.2) is 0 Å². The maximum absolute atomic E-state index is 4.34. The van der Waals surface area contributed by atoms with Crippen molar-refractivity contribution in [2.75, 3.05) is 5.32 Å². The van der Waals surface area contributed by atoms with E-state index in [9.17, 15) is 0 Å². The van der Waals surface area contributed by atoms with Crippen molar-refractivity contribution >= 4 is 21.7 Å². The molecule has 0 spiro atoms. The minimum Gasteiger partial charge on any atom is -0.367 e. The van der Waals surface area contributed by atoms with Gasteiger partial charge in [0.2, 0.25) is 0 Å². The molecule has 0 aliphatic carbocycles. The number of pyridine rings is 1. The third kappa shape index (κ3) is 3.49. The number of hydrogen-bond donors (Lipinski definition) is 1. The summed E-state index contributed by atoms with van der Waals surface area (Å²) in [7, 11) is 0. The smallest absolute Gasteiger partial charge is 0.126 e.